The minimum absolute atomic E-state index is 0.184. The van der Waals surface area contributed by atoms with Crippen LogP contribution in [-0.2, 0) is 4.79 Å². The fraction of sp³-hybridized carbons (Fsp3) is 0.357. The smallest absolute Gasteiger partial charge is 0.310 e. The summed E-state index contributed by atoms with van der Waals surface area (Å²) in [5.74, 6) is -2.13. The Balaban J connectivity index is 1.90. The zero-order chi connectivity index (χ0) is 14.3. The first-order valence-corrected chi connectivity index (χ1v) is 6.47. The number of fused-ring (bicyclic) bond motifs is 1. The van der Waals surface area contributed by atoms with Crippen LogP contribution in [-0.4, -0.2) is 33.8 Å². The van der Waals surface area contributed by atoms with Crippen LogP contribution in [0, 0.1) is 11.7 Å². The number of nitrogens with one attached hydrogen (secondary N) is 2. The van der Waals surface area contributed by atoms with Crippen LogP contribution in [0.25, 0.3) is 10.9 Å². The van der Waals surface area contributed by atoms with Gasteiger partial charge in [-0.2, -0.15) is 0 Å². The van der Waals surface area contributed by atoms with Gasteiger partial charge in [-0.25, -0.2) is 4.39 Å². The van der Waals surface area contributed by atoms with E-state index in [1.807, 2.05) is 6.07 Å². The molecule has 0 amide bonds. The topological polar surface area (TPSA) is 85.4 Å². The molecule has 106 valence electrons. The van der Waals surface area contributed by atoms with E-state index in [9.17, 15) is 14.3 Å². The molecule has 1 aliphatic heterocycles. The van der Waals surface area contributed by atoms with Gasteiger partial charge in [-0.15, -0.1) is 0 Å². The van der Waals surface area contributed by atoms with E-state index in [-0.39, 0.29) is 18.4 Å². The number of para-hydroxylation sites is 1. The van der Waals surface area contributed by atoms with Gasteiger partial charge in [0.25, 0.3) is 0 Å². The number of carboxylic acids is 1. The first-order valence-electron chi connectivity index (χ1n) is 6.47. The second-order valence-electron chi connectivity index (χ2n) is 5.12. The predicted molar refractivity (Wildman–Crippen MR) is 70.8 cm³/mol. The van der Waals surface area contributed by atoms with E-state index in [0.29, 0.717) is 11.9 Å². The number of aromatic nitrogens is 1. The zero-order valence-corrected chi connectivity index (χ0v) is 10.6. The molecule has 0 bridgehead atoms. The van der Waals surface area contributed by atoms with Crippen molar-refractivity contribution in [1.29, 1.82) is 0 Å². The Morgan fingerprint density at radius 3 is 2.90 bits per heavy atom. The van der Waals surface area contributed by atoms with Crippen LogP contribution in [0.2, 0.25) is 0 Å². The van der Waals surface area contributed by atoms with Gasteiger partial charge in [0.1, 0.15) is 5.82 Å². The number of H-pyrrole nitrogens is 1. The third-order valence-electron chi connectivity index (χ3n) is 3.92. The highest BCUT2D eigenvalue weighted by Crippen LogP contribution is 2.32. The average Bonchev–Trinajstić information content (AvgIpc) is 2.83. The van der Waals surface area contributed by atoms with Crippen LogP contribution < -0.4 is 5.32 Å². The lowest BCUT2D eigenvalue weighted by Crippen LogP contribution is -2.45. The quantitative estimate of drug-likeness (QED) is 0.669. The van der Waals surface area contributed by atoms with Crippen LogP contribution in [0.1, 0.15) is 18.0 Å². The number of rotatable bonds is 2. The number of carbonyl (C=O) groups is 1. The molecule has 0 radical (unpaired) electrons. The SMILES string of the molecule is O=C(O)C1CNC(c2c[nH]c3c(F)cccc23)CC1O. The Morgan fingerprint density at radius 1 is 1.40 bits per heavy atom. The number of halogens is 1. The number of aliphatic hydroxyl groups excluding tert-OH is 1. The maximum atomic E-state index is 13.6. The lowest BCUT2D eigenvalue weighted by atomic mass is 9.88. The van der Waals surface area contributed by atoms with Crippen molar-refractivity contribution in [3.8, 4) is 0 Å². The minimum Gasteiger partial charge on any atom is -0.481 e. The van der Waals surface area contributed by atoms with Crippen LogP contribution in [0.4, 0.5) is 4.39 Å². The van der Waals surface area contributed by atoms with Crippen molar-refractivity contribution in [2.45, 2.75) is 18.6 Å². The van der Waals surface area contributed by atoms with Gasteiger partial charge in [-0.1, -0.05) is 12.1 Å². The second kappa shape index (κ2) is 4.88. The zero-order valence-electron chi connectivity index (χ0n) is 10.6. The molecule has 6 heteroatoms. The van der Waals surface area contributed by atoms with Crippen molar-refractivity contribution < 1.29 is 19.4 Å². The molecule has 1 aliphatic rings. The number of aliphatic hydroxyl groups is 1. The third-order valence-corrected chi connectivity index (χ3v) is 3.92. The number of carboxylic acid groups (broad SMARTS) is 1. The molecule has 0 aliphatic carbocycles. The summed E-state index contributed by atoms with van der Waals surface area (Å²) in [7, 11) is 0. The first-order chi connectivity index (χ1) is 9.58. The summed E-state index contributed by atoms with van der Waals surface area (Å²) in [6.07, 6.45) is 1.09. The maximum Gasteiger partial charge on any atom is 0.310 e. The van der Waals surface area contributed by atoms with Crippen molar-refractivity contribution >= 4 is 16.9 Å². The molecule has 0 saturated carbocycles. The van der Waals surface area contributed by atoms with E-state index in [4.69, 9.17) is 5.11 Å². The van der Waals surface area contributed by atoms with E-state index in [0.717, 1.165) is 10.9 Å². The Labute approximate surface area is 114 Å². The van der Waals surface area contributed by atoms with E-state index in [1.165, 1.54) is 6.07 Å². The van der Waals surface area contributed by atoms with Crippen LogP contribution >= 0.6 is 0 Å². The summed E-state index contributed by atoms with van der Waals surface area (Å²) in [5, 5.41) is 22.8. The number of aromatic amines is 1. The molecule has 3 atom stereocenters. The normalized spacial score (nSPS) is 26.8. The van der Waals surface area contributed by atoms with E-state index < -0.39 is 18.0 Å². The molecule has 4 N–H and O–H groups in total. The molecule has 3 unspecified atom stereocenters. The highest BCUT2D eigenvalue weighted by molar-refractivity contribution is 5.84. The number of hydrogen-bond acceptors (Lipinski definition) is 3. The standard InChI is InChI=1S/C14H15FN2O3/c15-10-3-1-2-7-8(5-17-13(7)10)11-4-12(18)9(6-16-11)14(19)20/h1-3,5,9,11-12,16-18H,4,6H2,(H,19,20). The Hall–Kier alpha value is -1.92. The van der Waals surface area contributed by atoms with E-state index >= 15 is 0 Å². The van der Waals surface area contributed by atoms with E-state index in [1.54, 1.807) is 12.3 Å². The third kappa shape index (κ3) is 2.07. The van der Waals surface area contributed by atoms with Gasteiger partial charge in [0.05, 0.1) is 17.5 Å². The molecule has 1 aromatic heterocycles. The largest absolute Gasteiger partial charge is 0.481 e. The van der Waals surface area contributed by atoms with Crippen molar-refractivity contribution in [2.75, 3.05) is 6.54 Å². The highest BCUT2D eigenvalue weighted by atomic mass is 19.1. The number of benzene rings is 1. The number of hydrogen-bond donors (Lipinski definition) is 4. The minimum atomic E-state index is -1.01. The van der Waals surface area contributed by atoms with E-state index in [2.05, 4.69) is 10.3 Å². The second-order valence-corrected chi connectivity index (χ2v) is 5.12. The predicted octanol–water partition coefficient (Wildman–Crippen LogP) is 1.40. The van der Waals surface area contributed by atoms with Gasteiger partial charge in [0.15, 0.2) is 0 Å². The molecule has 2 aromatic rings. The molecule has 1 saturated heterocycles. The molecule has 20 heavy (non-hydrogen) atoms. The lowest BCUT2D eigenvalue weighted by Gasteiger charge is -2.31. The molecule has 3 rings (SSSR count). The van der Waals surface area contributed by atoms with Crippen molar-refractivity contribution in [3.63, 3.8) is 0 Å². The summed E-state index contributed by atoms with van der Waals surface area (Å²) >= 11 is 0. The summed E-state index contributed by atoms with van der Waals surface area (Å²) in [4.78, 5) is 13.8. The van der Waals surface area contributed by atoms with Gasteiger partial charge in [-0.05, 0) is 18.1 Å². The number of aliphatic carboxylic acids is 1. The molecule has 1 aromatic carbocycles. The molecular weight excluding hydrogens is 263 g/mol. The van der Waals surface area contributed by atoms with Crippen LogP contribution in [0.5, 0.6) is 0 Å². The van der Waals surface area contributed by atoms with Gasteiger partial charge < -0.3 is 20.5 Å². The monoisotopic (exact) mass is 278 g/mol. The maximum absolute atomic E-state index is 13.6. The molecule has 2 heterocycles. The molecule has 0 spiro atoms. The number of piperidine rings is 1. The fourth-order valence-corrected chi connectivity index (χ4v) is 2.81. The summed E-state index contributed by atoms with van der Waals surface area (Å²) in [6.45, 7) is 0.198. The van der Waals surface area contributed by atoms with Gasteiger partial charge in [0, 0.05) is 24.2 Å². The molecule has 1 fully saturated rings. The van der Waals surface area contributed by atoms with Crippen LogP contribution in [0.15, 0.2) is 24.4 Å². The fourth-order valence-electron chi connectivity index (χ4n) is 2.81. The summed E-state index contributed by atoms with van der Waals surface area (Å²) in [5.41, 5.74) is 1.28. The van der Waals surface area contributed by atoms with Crippen molar-refractivity contribution in [3.05, 3.63) is 35.8 Å². The van der Waals surface area contributed by atoms with Crippen molar-refractivity contribution in [1.82, 2.24) is 10.3 Å². The summed E-state index contributed by atoms with van der Waals surface area (Å²) in [6, 6.07) is 4.64. The Morgan fingerprint density at radius 2 is 2.20 bits per heavy atom. The van der Waals surface area contributed by atoms with Crippen molar-refractivity contribution in [2.24, 2.45) is 5.92 Å². The van der Waals surface area contributed by atoms with Gasteiger partial charge >= 0.3 is 5.97 Å². The Bertz CT molecular complexity index is 655. The lowest BCUT2D eigenvalue weighted by molar-refractivity contribution is -0.147. The van der Waals surface area contributed by atoms with Crippen LogP contribution in [0.3, 0.4) is 0 Å². The summed E-state index contributed by atoms with van der Waals surface area (Å²) < 4.78 is 13.6. The first kappa shape index (κ1) is 13.1. The highest BCUT2D eigenvalue weighted by Gasteiger charge is 2.34. The Kier molecular flexibility index (Phi) is 3.19. The molecular formula is C14H15FN2O3. The van der Waals surface area contributed by atoms with Gasteiger partial charge in [0.2, 0.25) is 0 Å². The molecule has 5 nitrogen and oxygen atoms in total. The van der Waals surface area contributed by atoms with Gasteiger partial charge in [-0.3, -0.25) is 4.79 Å². The average molecular weight is 278 g/mol.